The molecule has 3 heteroatoms. The van der Waals surface area contributed by atoms with Gasteiger partial charge in [0.1, 0.15) is 0 Å². The van der Waals surface area contributed by atoms with Crippen LogP contribution in [0.4, 0.5) is 0 Å². The quantitative estimate of drug-likeness (QED) is 0.353. The second kappa shape index (κ2) is 3.22. The Hall–Kier alpha value is -0.570. The summed E-state index contributed by atoms with van der Waals surface area (Å²) < 4.78 is 0. The molecule has 66 valence electrons. The molecule has 0 aromatic heterocycles. The molecule has 0 unspecified atom stereocenters. The molecule has 0 fully saturated rings. The maximum absolute atomic E-state index is 11.3. The third kappa shape index (κ3) is 2.89. The molecule has 11 heavy (non-hydrogen) atoms. The van der Waals surface area contributed by atoms with Gasteiger partial charge in [0.05, 0.1) is 5.54 Å². The van der Waals surface area contributed by atoms with E-state index in [-0.39, 0.29) is 17.4 Å². The highest BCUT2D eigenvalue weighted by molar-refractivity contribution is 5.78. The third-order valence-electron chi connectivity index (χ3n) is 1.45. The Balaban J connectivity index is 4.26. The molecule has 0 spiro atoms. The monoisotopic (exact) mass is 158 g/mol. The van der Waals surface area contributed by atoms with Crippen LogP contribution in [0.1, 0.15) is 34.6 Å². The summed E-state index contributed by atoms with van der Waals surface area (Å²) in [6.07, 6.45) is 0. The van der Waals surface area contributed by atoms with Gasteiger partial charge in [0.15, 0.2) is 0 Å². The van der Waals surface area contributed by atoms with Crippen molar-refractivity contribution in [2.24, 2.45) is 11.8 Å². The fourth-order valence-corrected chi connectivity index (χ4v) is 0.609. The second-order valence-corrected chi connectivity index (χ2v) is 4.03. The highest BCUT2D eigenvalue weighted by Gasteiger charge is 2.24. The maximum atomic E-state index is 11.3. The summed E-state index contributed by atoms with van der Waals surface area (Å²) in [7, 11) is 0. The molecule has 0 saturated heterocycles. The standard InChI is InChI=1S/C8H18N2O/c1-6(2)7(11)10(9)8(3,4)5/h6H,9H2,1-5H3. The van der Waals surface area contributed by atoms with Crippen molar-refractivity contribution >= 4 is 5.91 Å². The zero-order valence-corrected chi connectivity index (χ0v) is 8.01. The van der Waals surface area contributed by atoms with Gasteiger partial charge in [0.25, 0.3) is 0 Å². The van der Waals surface area contributed by atoms with Gasteiger partial charge in [-0.2, -0.15) is 0 Å². The molecule has 0 aliphatic carbocycles. The lowest BCUT2D eigenvalue weighted by Crippen LogP contribution is -2.52. The van der Waals surface area contributed by atoms with E-state index in [1.165, 1.54) is 5.01 Å². The van der Waals surface area contributed by atoms with Gasteiger partial charge in [-0.05, 0) is 20.8 Å². The Labute approximate surface area is 68.5 Å². The van der Waals surface area contributed by atoms with E-state index in [0.717, 1.165) is 0 Å². The third-order valence-corrected chi connectivity index (χ3v) is 1.45. The molecule has 0 heterocycles. The summed E-state index contributed by atoms with van der Waals surface area (Å²) in [4.78, 5) is 11.3. The maximum Gasteiger partial charge on any atom is 0.239 e. The first kappa shape index (κ1) is 10.4. The van der Waals surface area contributed by atoms with Gasteiger partial charge in [0, 0.05) is 5.92 Å². The molecule has 3 nitrogen and oxygen atoms in total. The lowest BCUT2D eigenvalue weighted by Gasteiger charge is -2.32. The number of hydrogen-bond acceptors (Lipinski definition) is 2. The number of nitrogens with two attached hydrogens (primary N) is 1. The van der Waals surface area contributed by atoms with E-state index in [4.69, 9.17) is 5.84 Å². The van der Waals surface area contributed by atoms with E-state index in [1.807, 2.05) is 34.6 Å². The Kier molecular flexibility index (Phi) is 3.05. The zero-order chi connectivity index (χ0) is 9.23. The first-order chi connectivity index (χ1) is 4.76. The first-order valence-electron chi connectivity index (χ1n) is 3.85. The fraction of sp³-hybridized carbons (Fsp3) is 0.875. The molecule has 0 aliphatic rings. The topological polar surface area (TPSA) is 46.3 Å². The minimum Gasteiger partial charge on any atom is -0.275 e. The molecule has 0 aliphatic heterocycles. The molecule has 0 radical (unpaired) electrons. The number of amides is 1. The number of hydrazine groups is 1. The van der Waals surface area contributed by atoms with Gasteiger partial charge in [-0.25, -0.2) is 5.84 Å². The Bertz CT molecular complexity index is 147. The molecule has 0 aromatic rings. The summed E-state index contributed by atoms with van der Waals surface area (Å²) in [6, 6.07) is 0. The minimum atomic E-state index is -0.276. The molecule has 2 N–H and O–H groups in total. The predicted molar refractivity (Wildman–Crippen MR) is 45.6 cm³/mol. The summed E-state index contributed by atoms with van der Waals surface area (Å²) in [6.45, 7) is 9.41. The van der Waals surface area contributed by atoms with Crippen LogP contribution >= 0.6 is 0 Å². The lowest BCUT2D eigenvalue weighted by molar-refractivity contribution is -0.139. The van der Waals surface area contributed by atoms with E-state index in [2.05, 4.69) is 0 Å². The first-order valence-corrected chi connectivity index (χ1v) is 3.85. The predicted octanol–water partition coefficient (Wildman–Crippen LogP) is 1.14. The van der Waals surface area contributed by atoms with E-state index < -0.39 is 0 Å². The van der Waals surface area contributed by atoms with Crippen LogP contribution in [0.3, 0.4) is 0 Å². The SMILES string of the molecule is CC(C)C(=O)N(N)C(C)(C)C. The molecular formula is C8H18N2O. The van der Waals surface area contributed by atoms with E-state index >= 15 is 0 Å². The molecular weight excluding hydrogens is 140 g/mol. The van der Waals surface area contributed by atoms with Gasteiger partial charge in [-0.1, -0.05) is 13.8 Å². The number of carbonyl (C=O) groups excluding carboxylic acids is 1. The van der Waals surface area contributed by atoms with Crippen LogP contribution in [0.5, 0.6) is 0 Å². The van der Waals surface area contributed by atoms with Crippen molar-refractivity contribution in [2.75, 3.05) is 0 Å². The van der Waals surface area contributed by atoms with Crippen LogP contribution in [-0.4, -0.2) is 16.5 Å². The van der Waals surface area contributed by atoms with E-state index in [0.29, 0.717) is 0 Å². The van der Waals surface area contributed by atoms with Crippen LogP contribution in [0.2, 0.25) is 0 Å². The van der Waals surface area contributed by atoms with Crippen molar-refractivity contribution in [3.8, 4) is 0 Å². The van der Waals surface area contributed by atoms with Gasteiger partial charge in [-0.3, -0.25) is 9.80 Å². The largest absolute Gasteiger partial charge is 0.275 e. The highest BCUT2D eigenvalue weighted by atomic mass is 16.2. The second-order valence-electron chi connectivity index (χ2n) is 4.03. The average molecular weight is 158 g/mol. The normalized spacial score (nSPS) is 11.9. The molecule has 0 rings (SSSR count). The minimum absolute atomic E-state index is 0.0162. The summed E-state index contributed by atoms with van der Waals surface area (Å²) in [5.74, 6) is 5.53. The van der Waals surface area contributed by atoms with E-state index in [9.17, 15) is 4.79 Å². The van der Waals surface area contributed by atoms with Gasteiger partial charge in [0.2, 0.25) is 5.91 Å². The van der Waals surface area contributed by atoms with E-state index in [1.54, 1.807) is 0 Å². The molecule has 0 bridgehead atoms. The molecule has 0 saturated carbocycles. The summed E-state index contributed by atoms with van der Waals surface area (Å²) in [5.41, 5.74) is -0.276. The van der Waals surface area contributed by atoms with Crippen LogP contribution in [0, 0.1) is 5.92 Å². The smallest absolute Gasteiger partial charge is 0.239 e. The Morgan fingerprint density at radius 3 is 1.82 bits per heavy atom. The van der Waals surface area contributed by atoms with Crippen LogP contribution in [0.25, 0.3) is 0 Å². The highest BCUT2D eigenvalue weighted by Crippen LogP contribution is 2.11. The van der Waals surface area contributed by atoms with Gasteiger partial charge < -0.3 is 0 Å². The average Bonchev–Trinajstić information content (AvgIpc) is 1.82. The molecule has 1 amide bonds. The number of rotatable bonds is 1. The van der Waals surface area contributed by atoms with Crippen LogP contribution < -0.4 is 5.84 Å². The zero-order valence-electron chi connectivity index (χ0n) is 8.01. The molecule has 0 aromatic carbocycles. The van der Waals surface area contributed by atoms with Crippen molar-refractivity contribution in [2.45, 2.75) is 40.2 Å². The van der Waals surface area contributed by atoms with Crippen molar-refractivity contribution in [3.63, 3.8) is 0 Å². The van der Waals surface area contributed by atoms with Gasteiger partial charge in [-0.15, -0.1) is 0 Å². The van der Waals surface area contributed by atoms with Crippen molar-refractivity contribution < 1.29 is 4.79 Å². The Morgan fingerprint density at radius 1 is 1.36 bits per heavy atom. The van der Waals surface area contributed by atoms with Crippen molar-refractivity contribution in [1.82, 2.24) is 5.01 Å². The molecule has 0 atom stereocenters. The fourth-order valence-electron chi connectivity index (χ4n) is 0.609. The number of hydrogen-bond donors (Lipinski definition) is 1. The summed E-state index contributed by atoms with van der Waals surface area (Å²) >= 11 is 0. The lowest BCUT2D eigenvalue weighted by atomic mass is 10.1. The van der Waals surface area contributed by atoms with Gasteiger partial charge >= 0.3 is 0 Å². The van der Waals surface area contributed by atoms with Crippen molar-refractivity contribution in [3.05, 3.63) is 0 Å². The summed E-state index contributed by atoms with van der Waals surface area (Å²) in [5, 5.41) is 1.29. The van der Waals surface area contributed by atoms with Crippen molar-refractivity contribution in [1.29, 1.82) is 0 Å². The number of nitrogens with zero attached hydrogens (tertiary/aromatic N) is 1. The number of carbonyl (C=O) groups is 1. The van der Waals surface area contributed by atoms with Crippen LogP contribution in [-0.2, 0) is 4.79 Å². The van der Waals surface area contributed by atoms with Crippen LogP contribution in [0.15, 0.2) is 0 Å². The Morgan fingerprint density at radius 2 is 1.73 bits per heavy atom.